The fourth-order valence-corrected chi connectivity index (χ4v) is 8.91. The van der Waals surface area contributed by atoms with E-state index in [4.69, 9.17) is 14.2 Å². The average molecular weight is 940 g/mol. The molecular formula is C55H105NO10. The van der Waals surface area contributed by atoms with E-state index in [9.17, 15) is 35.1 Å². The first-order valence-corrected chi connectivity index (χ1v) is 28.0. The summed E-state index contributed by atoms with van der Waals surface area (Å²) in [5.74, 6) is -0.237. The molecule has 0 aromatic heterocycles. The van der Waals surface area contributed by atoms with Gasteiger partial charge in [0.15, 0.2) is 6.29 Å². The lowest BCUT2D eigenvalue weighted by Gasteiger charge is -2.40. The zero-order valence-electron chi connectivity index (χ0n) is 42.7. The van der Waals surface area contributed by atoms with Crippen molar-refractivity contribution in [1.82, 2.24) is 5.32 Å². The summed E-state index contributed by atoms with van der Waals surface area (Å²) >= 11 is 0. The van der Waals surface area contributed by atoms with Crippen LogP contribution in [0.15, 0.2) is 12.2 Å². The lowest BCUT2D eigenvalue weighted by molar-refractivity contribution is -0.302. The number of hydrogen-bond donors (Lipinski definition) is 6. The van der Waals surface area contributed by atoms with Crippen molar-refractivity contribution in [3.63, 3.8) is 0 Å². The van der Waals surface area contributed by atoms with Gasteiger partial charge < -0.3 is 45.1 Å². The van der Waals surface area contributed by atoms with E-state index < -0.39 is 49.5 Å². The van der Waals surface area contributed by atoms with Crippen molar-refractivity contribution in [1.29, 1.82) is 0 Å². The van der Waals surface area contributed by atoms with Crippen LogP contribution in [0, 0.1) is 0 Å². The molecular weight excluding hydrogens is 835 g/mol. The number of carbonyl (C=O) groups excluding carboxylic acids is 2. The van der Waals surface area contributed by atoms with Gasteiger partial charge in [-0.05, 0) is 32.1 Å². The van der Waals surface area contributed by atoms with E-state index in [-0.39, 0.29) is 18.5 Å². The summed E-state index contributed by atoms with van der Waals surface area (Å²) in [5, 5.41) is 54.1. The molecule has 0 radical (unpaired) electrons. The van der Waals surface area contributed by atoms with E-state index in [1.807, 2.05) is 6.08 Å². The first-order chi connectivity index (χ1) is 32.2. The molecule has 1 rings (SSSR count). The van der Waals surface area contributed by atoms with Gasteiger partial charge in [-0.25, -0.2) is 0 Å². The predicted octanol–water partition coefficient (Wildman–Crippen LogP) is 12.0. The largest absolute Gasteiger partial charge is 0.466 e. The van der Waals surface area contributed by atoms with Crippen LogP contribution >= 0.6 is 0 Å². The minimum atomic E-state index is -1.58. The predicted molar refractivity (Wildman–Crippen MR) is 269 cm³/mol. The number of carbonyl (C=O) groups is 2. The van der Waals surface area contributed by atoms with Gasteiger partial charge in [-0.3, -0.25) is 9.59 Å². The van der Waals surface area contributed by atoms with Crippen LogP contribution in [0.4, 0.5) is 0 Å². The number of rotatable bonds is 48. The highest BCUT2D eigenvalue weighted by atomic mass is 16.7. The van der Waals surface area contributed by atoms with Crippen molar-refractivity contribution in [2.45, 2.75) is 307 Å². The molecule has 0 saturated carbocycles. The minimum Gasteiger partial charge on any atom is -0.466 e. The Morgan fingerprint density at radius 3 is 1.41 bits per heavy atom. The van der Waals surface area contributed by atoms with Gasteiger partial charge in [0.2, 0.25) is 5.91 Å². The second-order valence-corrected chi connectivity index (χ2v) is 19.7. The lowest BCUT2D eigenvalue weighted by atomic mass is 9.99. The van der Waals surface area contributed by atoms with Gasteiger partial charge in [-0.1, -0.05) is 231 Å². The number of nitrogens with one attached hydrogen (secondary N) is 1. The SMILES string of the molecule is CCCCCCCCC/C=C/C(O)C(COC1OC(CO)C(O)C(O)C1O)NC(=O)CCCCCCCCCCCCCOC(=O)CCCCCCCCCCCCCCCCCCCC. The van der Waals surface area contributed by atoms with Crippen LogP contribution in [0.1, 0.15) is 264 Å². The molecule has 11 nitrogen and oxygen atoms in total. The molecule has 66 heavy (non-hydrogen) atoms. The first-order valence-electron chi connectivity index (χ1n) is 28.0. The molecule has 7 atom stereocenters. The van der Waals surface area contributed by atoms with Crippen LogP contribution in [0.5, 0.6) is 0 Å². The normalized spacial score (nSPS) is 19.7. The maximum atomic E-state index is 13.0. The smallest absolute Gasteiger partial charge is 0.305 e. The molecule has 1 saturated heterocycles. The summed E-state index contributed by atoms with van der Waals surface area (Å²) in [4.78, 5) is 25.1. The van der Waals surface area contributed by atoms with E-state index in [1.54, 1.807) is 6.08 Å². The molecule has 7 unspecified atom stereocenters. The van der Waals surface area contributed by atoms with Crippen molar-refractivity contribution in [2.24, 2.45) is 0 Å². The van der Waals surface area contributed by atoms with Crippen molar-refractivity contribution in [3.05, 3.63) is 12.2 Å². The van der Waals surface area contributed by atoms with Crippen molar-refractivity contribution < 1.29 is 49.3 Å². The molecule has 390 valence electrons. The molecule has 1 aliphatic rings. The Labute approximate surface area is 404 Å². The summed E-state index contributed by atoms with van der Waals surface area (Å²) in [6.45, 7) is 4.26. The molecule has 11 heteroatoms. The molecule has 0 bridgehead atoms. The number of aliphatic hydroxyl groups is 5. The van der Waals surface area contributed by atoms with Crippen LogP contribution in [0.2, 0.25) is 0 Å². The number of aliphatic hydroxyl groups excluding tert-OH is 5. The molecule has 0 aromatic rings. The summed E-state index contributed by atoms with van der Waals surface area (Å²) in [6.07, 6.45) is 41.6. The number of ether oxygens (including phenoxy) is 3. The maximum Gasteiger partial charge on any atom is 0.305 e. The van der Waals surface area contributed by atoms with Crippen molar-refractivity contribution in [2.75, 3.05) is 19.8 Å². The standard InChI is InChI=1S/C55H105NO10/c1-3-5-7-9-11-13-14-15-16-17-18-19-20-23-27-31-35-39-43-51(60)64-44-40-36-32-28-24-21-22-26-30-34-38-42-50(59)56-47(48(58)41-37-33-29-25-12-10-8-6-4-2)46-65-55-54(63)53(62)52(61)49(45-57)66-55/h37,41,47-49,52-55,57-58,61-63H,3-36,38-40,42-46H2,1-2H3,(H,56,59)/b41-37+. The molecule has 0 aliphatic carbocycles. The fourth-order valence-electron chi connectivity index (χ4n) is 8.91. The summed E-state index contributed by atoms with van der Waals surface area (Å²) in [5.41, 5.74) is 0. The Kier molecular flexibility index (Phi) is 43.3. The molecule has 1 aliphatic heterocycles. The highest BCUT2D eigenvalue weighted by molar-refractivity contribution is 5.76. The van der Waals surface area contributed by atoms with Gasteiger partial charge in [0.25, 0.3) is 0 Å². The molecule has 1 heterocycles. The third-order valence-electron chi connectivity index (χ3n) is 13.4. The van der Waals surface area contributed by atoms with Crippen LogP contribution in [-0.2, 0) is 23.8 Å². The second-order valence-electron chi connectivity index (χ2n) is 19.7. The Hall–Kier alpha value is -1.60. The average Bonchev–Trinajstić information content (AvgIpc) is 3.31. The summed E-state index contributed by atoms with van der Waals surface area (Å²) in [6, 6.07) is -0.821. The molecule has 6 N–H and O–H groups in total. The van der Waals surface area contributed by atoms with E-state index in [0.717, 1.165) is 70.6 Å². The number of allylic oxidation sites excluding steroid dienone is 1. The topological polar surface area (TPSA) is 175 Å². The molecule has 0 spiro atoms. The minimum absolute atomic E-state index is 0.0353. The van der Waals surface area contributed by atoms with Crippen LogP contribution in [0.3, 0.4) is 0 Å². The molecule has 1 amide bonds. The van der Waals surface area contributed by atoms with Gasteiger partial charge >= 0.3 is 5.97 Å². The van der Waals surface area contributed by atoms with E-state index in [0.29, 0.717) is 19.4 Å². The zero-order chi connectivity index (χ0) is 48.1. The molecule has 0 aromatic carbocycles. The quantitative estimate of drug-likeness (QED) is 0.0196. The summed E-state index contributed by atoms with van der Waals surface area (Å²) < 4.78 is 16.7. The third-order valence-corrected chi connectivity index (χ3v) is 13.4. The Morgan fingerprint density at radius 1 is 0.545 bits per heavy atom. The maximum absolute atomic E-state index is 13.0. The van der Waals surface area contributed by atoms with Gasteiger partial charge in [0.1, 0.15) is 24.4 Å². The number of amides is 1. The Balaban J connectivity index is 2.07. The monoisotopic (exact) mass is 940 g/mol. The van der Waals surface area contributed by atoms with Crippen LogP contribution < -0.4 is 5.32 Å². The fraction of sp³-hybridized carbons (Fsp3) is 0.927. The first kappa shape index (κ1) is 62.4. The summed E-state index contributed by atoms with van der Waals surface area (Å²) in [7, 11) is 0. The number of esters is 1. The van der Waals surface area contributed by atoms with Gasteiger partial charge in [0, 0.05) is 12.8 Å². The highest BCUT2D eigenvalue weighted by Crippen LogP contribution is 2.23. The van der Waals surface area contributed by atoms with Gasteiger partial charge in [0.05, 0.1) is 32.0 Å². The molecule has 1 fully saturated rings. The third kappa shape index (κ3) is 35.5. The zero-order valence-corrected chi connectivity index (χ0v) is 42.7. The highest BCUT2D eigenvalue weighted by Gasteiger charge is 2.44. The second kappa shape index (κ2) is 45.8. The van der Waals surface area contributed by atoms with E-state index in [2.05, 4.69) is 19.2 Å². The Bertz CT molecular complexity index is 1110. The van der Waals surface area contributed by atoms with Crippen LogP contribution in [-0.4, -0.2) is 100 Å². The lowest BCUT2D eigenvalue weighted by Crippen LogP contribution is -2.60. The van der Waals surface area contributed by atoms with Crippen molar-refractivity contribution >= 4 is 11.9 Å². The van der Waals surface area contributed by atoms with E-state index >= 15 is 0 Å². The van der Waals surface area contributed by atoms with Crippen LogP contribution in [0.25, 0.3) is 0 Å². The van der Waals surface area contributed by atoms with E-state index in [1.165, 1.54) is 167 Å². The van der Waals surface area contributed by atoms with Crippen molar-refractivity contribution in [3.8, 4) is 0 Å². The van der Waals surface area contributed by atoms with Gasteiger partial charge in [-0.2, -0.15) is 0 Å². The number of hydrogen-bond acceptors (Lipinski definition) is 10. The number of unbranched alkanes of at least 4 members (excludes halogenated alkanes) is 34. The van der Waals surface area contributed by atoms with Gasteiger partial charge in [-0.15, -0.1) is 0 Å². The Morgan fingerprint density at radius 2 is 0.955 bits per heavy atom.